The summed E-state index contributed by atoms with van der Waals surface area (Å²) in [4.78, 5) is 26.0. The number of carbonyl (C=O) groups excluding carboxylic acids is 1. The summed E-state index contributed by atoms with van der Waals surface area (Å²) in [5, 5.41) is 12.0. The Morgan fingerprint density at radius 1 is 1.15 bits per heavy atom. The summed E-state index contributed by atoms with van der Waals surface area (Å²) in [5.74, 6) is -0.679. The molecule has 0 spiro atoms. The number of halogens is 4. The van der Waals surface area contributed by atoms with Crippen molar-refractivity contribution in [1.29, 1.82) is 0 Å². The molecule has 2 aromatic heterocycles. The van der Waals surface area contributed by atoms with E-state index >= 15 is 0 Å². The number of hydrogen-bond acceptors (Lipinski definition) is 4. The van der Waals surface area contributed by atoms with Gasteiger partial charge in [-0.2, -0.15) is 23.4 Å². The van der Waals surface area contributed by atoms with E-state index in [4.69, 9.17) is 11.6 Å². The monoisotopic (exact) mass is 487 g/mol. The Morgan fingerprint density at radius 2 is 1.91 bits per heavy atom. The number of fused-ring (bicyclic) bond motifs is 1. The van der Waals surface area contributed by atoms with Crippen molar-refractivity contribution in [3.8, 4) is 5.69 Å². The highest BCUT2D eigenvalue weighted by Crippen LogP contribution is 2.41. The Labute approximate surface area is 195 Å². The standard InChI is InChI=1S/C23H17ClF3N5O2/c24-14-4-3-5-15(10-14)32-21-16(11-28-32)20(13-8-9-13)30-31(22(21)34)12-19(33)29-18-7-2-1-6-17(18)23(25,26)27/h1-7,10-11,13H,8-9,12H2,(H,29,33). The second kappa shape index (κ2) is 8.28. The van der Waals surface area contributed by atoms with Gasteiger partial charge in [-0.1, -0.05) is 29.8 Å². The molecule has 2 heterocycles. The second-order valence-electron chi connectivity index (χ2n) is 8.01. The van der Waals surface area contributed by atoms with Crippen LogP contribution in [0.4, 0.5) is 18.9 Å². The van der Waals surface area contributed by atoms with E-state index in [-0.39, 0.29) is 17.1 Å². The molecule has 0 bridgehead atoms. The Morgan fingerprint density at radius 3 is 2.62 bits per heavy atom. The minimum Gasteiger partial charge on any atom is -0.324 e. The lowest BCUT2D eigenvalue weighted by Crippen LogP contribution is -2.31. The highest BCUT2D eigenvalue weighted by Gasteiger charge is 2.34. The number of nitrogens with one attached hydrogen (secondary N) is 1. The topological polar surface area (TPSA) is 81.8 Å². The molecule has 0 aliphatic heterocycles. The van der Waals surface area contributed by atoms with Crippen LogP contribution >= 0.6 is 11.6 Å². The molecule has 174 valence electrons. The molecule has 2 aromatic carbocycles. The Kier molecular flexibility index (Phi) is 5.40. The highest BCUT2D eigenvalue weighted by atomic mass is 35.5. The molecule has 4 aromatic rings. The first-order valence-electron chi connectivity index (χ1n) is 10.4. The zero-order chi connectivity index (χ0) is 24.0. The fourth-order valence-corrected chi connectivity index (χ4v) is 4.01. The number of amides is 1. The number of rotatable bonds is 5. The van der Waals surface area contributed by atoms with E-state index in [0.717, 1.165) is 29.7 Å². The third-order valence-corrected chi connectivity index (χ3v) is 5.76. The van der Waals surface area contributed by atoms with Gasteiger partial charge in [0.05, 0.1) is 28.8 Å². The van der Waals surface area contributed by atoms with Crippen molar-refractivity contribution in [2.45, 2.75) is 31.5 Å². The summed E-state index contributed by atoms with van der Waals surface area (Å²) < 4.78 is 42.2. The summed E-state index contributed by atoms with van der Waals surface area (Å²) in [6.07, 6.45) is -1.32. The summed E-state index contributed by atoms with van der Waals surface area (Å²) in [6.45, 7) is -0.554. The van der Waals surface area contributed by atoms with Gasteiger partial charge in [0.15, 0.2) is 0 Å². The number of anilines is 1. The van der Waals surface area contributed by atoms with Crippen LogP contribution in [0.1, 0.15) is 30.0 Å². The van der Waals surface area contributed by atoms with Crippen LogP contribution in [-0.2, 0) is 17.5 Å². The molecule has 0 atom stereocenters. The fourth-order valence-electron chi connectivity index (χ4n) is 3.83. The van der Waals surface area contributed by atoms with Crippen molar-refractivity contribution in [3.63, 3.8) is 0 Å². The molecule has 0 saturated heterocycles. The van der Waals surface area contributed by atoms with Crippen molar-refractivity contribution in [2.24, 2.45) is 0 Å². The van der Waals surface area contributed by atoms with Crippen LogP contribution in [0, 0.1) is 0 Å². The van der Waals surface area contributed by atoms with Gasteiger partial charge >= 0.3 is 6.18 Å². The molecule has 1 aliphatic carbocycles. The van der Waals surface area contributed by atoms with Crippen molar-refractivity contribution in [3.05, 3.63) is 81.4 Å². The van der Waals surface area contributed by atoms with E-state index in [1.807, 2.05) is 0 Å². The number of hydrogen-bond donors (Lipinski definition) is 1. The zero-order valence-electron chi connectivity index (χ0n) is 17.5. The van der Waals surface area contributed by atoms with E-state index in [9.17, 15) is 22.8 Å². The minimum absolute atomic E-state index is 0.125. The van der Waals surface area contributed by atoms with Crippen molar-refractivity contribution in [2.75, 3.05) is 5.32 Å². The van der Waals surface area contributed by atoms with Crippen LogP contribution in [0.25, 0.3) is 16.6 Å². The Bertz CT molecular complexity index is 1470. The van der Waals surface area contributed by atoms with Gasteiger partial charge in [0.25, 0.3) is 5.56 Å². The maximum Gasteiger partial charge on any atom is 0.418 e. The summed E-state index contributed by atoms with van der Waals surface area (Å²) in [7, 11) is 0. The van der Waals surface area contributed by atoms with Crippen molar-refractivity contribution in [1.82, 2.24) is 19.6 Å². The van der Waals surface area contributed by atoms with Crippen LogP contribution < -0.4 is 10.9 Å². The van der Waals surface area contributed by atoms with Gasteiger partial charge in [-0.25, -0.2) is 9.36 Å². The molecule has 1 amide bonds. The van der Waals surface area contributed by atoms with Gasteiger partial charge in [-0.15, -0.1) is 0 Å². The lowest BCUT2D eigenvalue weighted by molar-refractivity contribution is -0.137. The van der Waals surface area contributed by atoms with Crippen LogP contribution in [0.3, 0.4) is 0 Å². The van der Waals surface area contributed by atoms with E-state index in [2.05, 4.69) is 15.5 Å². The molecule has 1 N–H and O–H groups in total. The SMILES string of the molecule is O=C(Cn1nc(C2CC2)c2cnn(-c3cccc(Cl)c3)c2c1=O)Nc1ccccc1C(F)(F)F. The molecule has 11 heteroatoms. The predicted molar refractivity (Wildman–Crippen MR) is 120 cm³/mol. The van der Waals surface area contributed by atoms with Gasteiger partial charge in [0.2, 0.25) is 5.91 Å². The van der Waals surface area contributed by atoms with Crippen molar-refractivity contribution < 1.29 is 18.0 Å². The van der Waals surface area contributed by atoms with E-state index in [0.29, 0.717) is 21.8 Å². The fraction of sp³-hybridized carbons (Fsp3) is 0.217. The average Bonchev–Trinajstić information content (AvgIpc) is 3.53. The minimum atomic E-state index is -4.64. The quantitative estimate of drug-likeness (QED) is 0.439. The van der Waals surface area contributed by atoms with Gasteiger partial charge in [-0.3, -0.25) is 9.59 Å². The van der Waals surface area contributed by atoms with Crippen molar-refractivity contribution >= 4 is 34.1 Å². The van der Waals surface area contributed by atoms with E-state index in [1.165, 1.54) is 16.8 Å². The molecule has 1 saturated carbocycles. The normalized spacial score (nSPS) is 13.9. The molecule has 1 aliphatic rings. The number of nitrogens with zero attached hydrogens (tertiary/aromatic N) is 4. The molecule has 1 fully saturated rings. The molecular formula is C23H17ClF3N5O2. The number of carbonyl (C=O) groups is 1. The first-order valence-corrected chi connectivity index (χ1v) is 10.8. The number of alkyl halides is 3. The first-order chi connectivity index (χ1) is 16.2. The van der Waals surface area contributed by atoms with Crippen LogP contribution in [-0.4, -0.2) is 25.5 Å². The summed E-state index contributed by atoms with van der Waals surface area (Å²) >= 11 is 6.10. The molecule has 0 unspecified atom stereocenters. The molecular weight excluding hydrogens is 471 g/mol. The Hall–Kier alpha value is -3.66. The van der Waals surface area contributed by atoms with Crippen LogP contribution in [0.5, 0.6) is 0 Å². The zero-order valence-corrected chi connectivity index (χ0v) is 18.3. The number of benzene rings is 2. The molecule has 0 radical (unpaired) electrons. The lowest BCUT2D eigenvalue weighted by atomic mass is 10.1. The van der Waals surface area contributed by atoms with Gasteiger partial charge in [-0.05, 0) is 43.2 Å². The highest BCUT2D eigenvalue weighted by molar-refractivity contribution is 6.30. The maximum atomic E-state index is 13.3. The number of aromatic nitrogens is 4. The maximum absolute atomic E-state index is 13.3. The van der Waals surface area contributed by atoms with Gasteiger partial charge < -0.3 is 5.32 Å². The number of para-hydroxylation sites is 1. The average molecular weight is 488 g/mol. The predicted octanol–water partition coefficient (Wildman–Crippen LogP) is 4.77. The summed E-state index contributed by atoms with van der Waals surface area (Å²) in [5.41, 5.74) is -0.537. The second-order valence-corrected chi connectivity index (χ2v) is 8.45. The largest absolute Gasteiger partial charge is 0.418 e. The smallest absolute Gasteiger partial charge is 0.324 e. The van der Waals surface area contributed by atoms with Gasteiger partial charge in [0.1, 0.15) is 12.1 Å². The van der Waals surface area contributed by atoms with Crippen LogP contribution in [0.2, 0.25) is 5.02 Å². The molecule has 7 nitrogen and oxygen atoms in total. The van der Waals surface area contributed by atoms with Gasteiger partial charge in [0, 0.05) is 16.3 Å². The first kappa shape index (κ1) is 22.1. The summed E-state index contributed by atoms with van der Waals surface area (Å²) in [6, 6.07) is 11.4. The van der Waals surface area contributed by atoms with E-state index < -0.39 is 29.8 Å². The third-order valence-electron chi connectivity index (χ3n) is 5.53. The molecule has 34 heavy (non-hydrogen) atoms. The Balaban J connectivity index is 1.54. The lowest BCUT2D eigenvalue weighted by Gasteiger charge is -2.14. The third kappa shape index (κ3) is 4.16. The van der Waals surface area contributed by atoms with Crippen LogP contribution in [0.15, 0.2) is 59.5 Å². The molecule has 5 rings (SSSR count). The van der Waals surface area contributed by atoms with E-state index in [1.54, 1.807) is 30.5 Å².